The van der Waals surface area contributed by atoms with Crippen LogP contribution in [0.25, 0.3) is 120 Å². The Balaban J connectivity index is 1.10. The molecule has 0 nitrogen and oxygen atoms in total. The molecule has 0 unspecified atom stereocenters. The van der Waals surface area contributed by atoms with Crippen molar-refractivity contribution in [1.29, 1.82) is 0 Å². The molecule has 12 aromatic carbocycles. The fourth-order valence-electron chi connectivity index (χ4n) is 9.94. The van der Waals surface area contributed by atoms with Crippen LogP contribution in [0.3, 0.4) is 0 Å². The van der Waals surface area contributed by atoms with Crippen LogP contribution >= 0.6 is 0 Å². The van der Waals surface area contributed by atoms with Crippen molar-refractivity contribution >= 4 is 75.4 Å². The lowest BCUT2D eigenvalue weighted by atomic mass is 9.83. The Hall–Kier alpha value is -7.54. The van der Waals surface area contributed by atoms with Crippen molar-refractivity contribution in [2.75, 3.05) is 0 Å². The van der Waals surface area contributed by atoms with Gasteiger partial charge in [0.05, 0.1) is 0 Å². The van der Waals surface area contributed by atoms with Crippen molar-refractivity contribution in [3.8, 4) is 44.5 Å². The molecule has 12 rings (SSSR count). The molecule has 0 aliphatic heterocycles. The van der Waals surface area contributed by atoms with E-state index in [1.165, 1.54) is 120 Å². The first-order valence-corrected chi connectivity index (χ1v) is 20.2. The first kappa shape index (κ1) is 32.7. The summed E-state index contributed by atoms with van der Waals surface area (Å²) >= 11 is 0. The van der Waals surface area contributed by atoms with E-state index in [-0.39, 0.29) is 0 Å². The third kappa shape index (κ3) is 4.89. The van der Waals surface area contributed by atoms with Gasteiger partial charge in [-0.05, 0) is 126 Å². The average molecular weight is 733 g/mol. The summed E-state index contributed by atoms with van der Waals surface area (Å²) in [5, 5.41) is 17.8. The van der Waals surface area contributed by atoms with E-state index in [2.05, 4.69) is 218 Å². The predicted molar refractivity (Wildman–Crippen MR) is 251 cm³/mol. The second-order valence-corrected chi connectivity index (χ2v) is 15.5. The Morgan fingerprint density at radius 3 is 1.09 bits per heavy atom. The van der Waals surface area contributed by atoms with E-state index in [1.807, 2.05) is 0 Å². The third-order valence-electron chi connectivity index (χ3n) is 12.5. The lowest BCUT2D eigenvalue weighted by molar-refractivity contribution is 1.65. The minimum Gasteiger partial charge on any atom is -0.0622 e. The van der Waals surface area contributed by atoms with E-state index in [9.17, 15) is 0 Å². The van der Waals surface area contributed by atoms with Crippen LogP contribution < -0.4 is 0 Å². The molecule has 0 amide bonds. The summed E-state index contributed by atoms with van der Waals surface area (Å²) in [6.45, 7) is 0. The standard InChI is InChI=1S/C58H36/c1-2-17-38(18-3-1)57-50-26-12-14-28-52(50)58(53-29-15-13-27-51(53)57)54-35-34-47(42-22-8-10-24-44(42)54)46-32-33-49(41-21-7-6-20-40(41)46)56-36-55-39-19-5-4-16-37(39)30-31-48(55)43-23-9-11-25-45(43)56/h1-36H. The lowest BCUT2D eigenvalue weighted by Gasteiger charge is -2.20. The lowest BCUT2D eigenvalue weighted by Crippen LogP contribution is -1.93. The second kappa shape index (κ2) is 13.0. The molecule has 0 aromatic heterocycles. The Morgan fingerprint density at radius 2 is 0.534 bits per heavy atom. The van der Waals surface area contributed by atoms with Crippen LogP contribution in [0.5, 0.6) is 0 Å². The SMILES string of the molecule is c1ccc(-c2c3ccccc3c(-c3ccc(-c4ccc(-c5cc6c7ccccc7ccc6c6ccccc56)c5ccccc45)c4ccccc34)c3ccccc23)cc1. The summed E-state index contributed by atoms with van der Waals surface area (Å²) in [6.07, 6.45) is 0. The van der Waals surface area contributed by atoms with E-state index in [1.54, 1.807) is 0 Å². The Labute approximate surface area is 336 Å². The molecule has 0 aliphatic rings. The van der Waals surface area contributed by atoms with E-state index < -0.39 is 0 Å². The number of hydrogen-bond donors (Lipinski definition) is 0. The molecule has 0 atom stereocenters. The molecular formula is C58H36. The van der Waals surface area contributed by atoms with Crippen LogP contribution in [-0.2, 0) is 0 Å². The van der Waals surface area contributed by atoms with Crippen molar-refractivity contribution in [3.63, 3.8) is 0 Å². The van der Waals surface area contributed by atoms with Gasteiger partial charge in [0, 0.05) is 0 Å². The van der Waals surface area contributed by atoms with Gasteiger partial charge in [-0.1, -0.05) is 212 Å². The average Bonchev–Trinajstić information content (AvgIpc) is 3.30. The summed E-state index contributed by atoms with van der Waals surface area (Å²) in [4.78, 5) is 0. The Kier molecular flexibility index (Phi) is 7.33. The monoisotopic (exact) mass is 732 g/mol. The molecule has 268 valence electrons. The molecule has 0 saturated heterocycles. The van der Waals surface area contributed by atoms with Crippen molar-refractivity contribution in [3.05, 3.63) is 218 Å². The number of fused-ring (bicyclic) bond motifs is 9. The fraction of sp³-hybridized carbons (Fsp3) is 0. The van der Waals surface area contributed by atoms with Crippen molar-refractivity contribution in [1.82, 2.24) is 0 Å². The fourth-order valence-corrected chi connectivity index (χ4v) is 9.94. The number of rotatable bonds is 4. The van der Waals surface area contributed by atoms with Gasteiger partial charge in [-0.25, -0.2) is 0 Å². The zero-order valence-corrected chi connectivity index (χ0v) is 31.8. The molecule has 0 saturated carbocycles. The highest BCUT2D eigenvalue weighted by Crippen LogP contribution is 2.48. The third-order valence-corrected chi connectivity index (χ3v) is 12.5. The molecule has 0 N–H and O–H groups in total. The Morgan fingerprint density at radius 1 is 0.172 bits per heavy atom. The quantitative estimate of drug-likeness (QED) is 0.125. The van der Waals surface area contributed by atoms with Gasteiger partial charge >= 0.3 is 0 Å². The van der Waals surface area contributed by atoms with Gasteiger partial charge in [0.1, 0.15) is 0 Å². The van der Waals surface area contributed by atoms with E-state index in [0.29, 0.717) is 0 Å². The normalized spacial score (nSPS) is 11.8. The summed E-state index contributed by atoms with van der Waals surface area (Å²) < 4.78 is 0. The molecule has 0 bridgehead atoms. The molecule has 0 spiro atoms. The molecule has 12 aromatic rings. The van der Waals surface area contributed by atoms with Crippen LogP contribution in [0, 0.1) is 0 Å². The van der Waals surface area contributed by atoms with Crippen LogP contribution in [0.15, 0.2) is 218 Å². The van der Waals surface area contributed by atoms with Crippen LogP contribution in [0.2, 0.25) is 0 Å². The molecule has 0 radical (unpaired) electrons. The van der Waals surface area contributed by atoms with Gasteiger partial charge in [-0.15, -0.1) is 0 Å². The molecule has 0 heterocycles. The molecule has 0 aliphatic carbocycles. The maximum Gasteiger partial charge on any atom is -0.00201 e. The summed E-state index contributed by atoms with van der Waals surface area (Å²) in [5.74, 6) is 0. The predicted octanol–water partition coefficient (Wildman–Crippen LogP) is 16.4. The minimum absolute atomic E-state index is 1.24. The maximum absolute atomic E-state index is 2.43. The van der Waals surface area contributed by atoms with Crippen molar-refractivity contribution in [2.45, 2.75) is 0 Å². The topological polar surface area (TPSA) is 0 Å². The van der Waals surface area contributed by atoms with Crippen molar-refractivity contribution < 1.29 is 0 Å². The van der Waals surface area contributed by atoms with Gasteiger partial charge in [0.15, 0.2) is 0 Å². The van der Waals surface area contributed by atoms with E-state index in [0.717, 1.165) is 0 Å². The summed E-state index contributed by atoms with van der Waals surface area (Å²) in [5.41, 5.74) is 10.1. The molecule has 58 heavy (non-hydrogen) atoms. The van der Waals surface area contributed by atoms with Gasteiger partial charge in [0.25, 0.3) is 0 Å². The number of hydrogen-bond acceptors (Lipinski definition) is 0. The van der Waals surface area contributed by atoms with E-state index in [4.69, 9.17) is 0 Å². The van der Waals surface area contributed by atoms with Gasteiger partial charge in [-0.3, -0.25) is 0 Å². The maximum atomic E-state index is 2.43. The Bertz CT molecular complexity index is 3550. The molecule has 0 fully saturated rings. The summed E-state index contributed by atoms with van der Waals surface area (Å²) in [7, 11) is 0. The molecular weight excluding hydrogens is 697 g/mol. The van der Waals surface area contributed by atoms with Gasteiger partial charge < -0.3 is 0 Å². The molecule has 0 heteroatoms. The first-order valence-electron chi connectivity index (χ1n) is 20.2. The summed E-state index contributed by atoms with van der Waals surface area (Å²) in [6, 6.07) is 80.8. The van der Waals surface area contributed by atoms with Crippen LogP contribution in [-0.4, -0.2) is 0 Å². The highest BCUT2D eigenvalue weighted by atomic mass is 14.2. The van der Waals surface area contributed by atoms with Gasteiger partial charge in [-0.2, -0.15) is 0 Å². The van der Waals surface area contributed by atoms with Crippen LogP contribution in [0.4, 0.5) is 0 Å². The highest BCUT2D eigenvalue weighted by molar-refractivity contribution is 6.26. The zero-order chi connectivity index (χ0) is 38.2. The van der Waals surface area contributed by atoms with E-state index >= 15 is 0 Å². The van der Waals surface area contributed by atoms with Crippen molar-refractivity contribution in [2.24, 2.45) is 0 Å². The highest BCUT2D eigenvalue weighted by Gasteiger charge is 2.20. The minimum atomic E-state index is 1.24. The van der Waals surface area contributed by atoms with Gasteiger partial charge in [0.2, 0.25) is 0 Å². The van der Waals surface area contributed by atoms with Crippen LogP contribution in [0.1, 0.15) is 0 Å². The number of benzene rings is 12. The second-order valence-electron chi connectivity index (χ2n) is 15.5. The zero-order valence-electron chi connectivity index (χ0n) is 31.8. The largest absolute Gasteiger partial charge is 0.0622 e. The smallest absolute Gasteiger partial charge is 0.00201 e. The first-order chi connectivity index (χ1) is 28.8.